The summed E-state index contributed by atoms with van der Waals surface area (Å²) < 4.78 is 46.6. The molecule has 0 radical (unpaired) electrons. The highest BCUT2D eigenvalue weighted by atomic mass is 19.4. The lowest BCUT2D eigenvalue weighted by Gasteiger charge is -2.22. The maximum Gasteiger partial charge on any atom is 0.419 e. The number of rotatable bonds is 7. The third-order valence-electron chi connectivity index (χ3n) is 6.80. The molecular weight excluding hydrogens is 499 g/mol. The van der Waals surface area contributed by atoms with Crippen LogP contribution in [-0.4, -0.2) is 47.9 Å². The van der Waals surface area contributed by atoms with Crippen LogP contribution in [0.3, 0.4) is 0 Å². The van der Waals surface area contributed by atoms with Crippen molar-refractivity contribution in [2.75, 3.05) is 30.8 Å². The average molecular weight is 526 g/mol. The van der Waals surface area contributed by atoms with Crippen LogP contribution in [0.2, 0.25) is 0 Å². The topological polar surface area (TPSA) is 95.6 Å². The summed E-state index contributed by atoms with van der Waals surface area (Å²) in [5.41, 5.74) is 1.35. The van der Waals surface area contributed by atoms with E-state index in [2.05, 4.69) is 25.8 Å². The minimum atomic E-state index is -4.61. The summed E-state index contributed by atoms with van der Waals surface area (Å²) in [7, 11) is 1.92. The van der Waals surface area contributed by atoms with E-state index in [0.29, 0.717) is 17.8 Å². The molecule has 3 aromatic rings. The van der Waals surface area contributed by atoms with Crippen LogP contribution in [0.1, 0.15) is 44.7 Å². The van der Waals surface area contributed by atoms with Crippen LogP contribution >= 0.6 is 0 Å². The summed E-state index contributed by atoms with van der Waals surface area (Å²) in [6, 6.07) is 11.7. The minimum Gasteiger partial charge on any atom is -0.491 e. The second kappa shape index (κ2) is 10.3. The summed E-state index contributed by atoms with van der Waals surface area (Å²) in [6.45, 7) is 1.33. The second-order valence-corrected chi connectivity index (χ2v) is 9.29. The number of aromatic nitrogens is 1. The van der Waals surface area contributed by atoms with Crippen LogP contribution in [0.15, 0.2) is 54.7 Å². The van der Waals surface area contributed by atoms with Crippen LogP contribution in [0.4, 0.5) is 30.4 Å². The fraction of sp³-hybridized carbons (Fsp3) is 0.296. The van der Waals surface area contributed by atoms with E-state index in [1.807, 2.05) is 7.05 Å². The lowest BCUT2D eigenvalue weighted by Crippen LogP contribution is -2.31. The van der Waals surface area contributed by atoms with Gasteiger partial charge in [-0.1, -0.05) is 6.07 Å². The van der Waals surface area contributed by atoms with Gasteiger partial charge in [0.15, 0.2) is 0 Å². The molecule has 2 aliphatic rings. The van der Waals surface area contributed by atoms with E-state index in [9.17, 15) is 22.8 Å². The number of hydrogen-bond donors (Lipinski definition) is 3. The highest BCUT2D eigenvalue weighted by Gasteiger charge is 2.35. The number of carbonyl (C=O) groups excluding carboxylic acids is 2. The Labute approximate surface area is 217 Å². The number of anilines is 3. The number of likely N-dealkylation sites (N-methyl/N-ethyl adjacent to an activating group) is 1. The molecule has 0 saturated carbocycles. The monoisotopic (exact) mass is 525 g/mol. The quantitative estimate of drug-likeness (QED) is 0.410. The first-order valence-electron chi connectivity index (χ1n) is 12.2. The molecule has 1 atom stereocenters. The van der Waals surface area contributed by atoms with Gasteiger partial charge in [-0.2, -0.15) is 13.2 Å². The first-order valence-corrected chi connectivity index (χ1v) is 12.2. The number of nitrogens with one attached hydrogen (secondary N) is 3. The molecule has 1 fully saturated rings. The third-order valence-corrected chi connectivity index (χ3v) is 6.80. The zero-order valence-corrected chi connectivity index (χ0v) is 20.6. The van der Waals surface area contributed by atoms with Gasteiger partial charge in [0.05, 0.1) is 11.1 Å². The van der Waals surface area contributed by atoms with Crippen molar-refractivity contribution in [3.05, 3.63) is 77.0 Å². The number of halogens is 3. The van der Waals surface area contributed by atoms with Gasteiger partial charge in [-0.05, 0) is 62.8 Å². The van der Waals surface area contributed by atoms with Crippen LogP contribution in [-0.2, 0) is 12.7 Å². The van der Waals surface area contributed by atoms with E-state index < -0.39 is 17.6 Å². The van der Waals surface area contributed by atoms with Gasteiger partial charge in [0.25, 0.3) is 11.8 Å². The lowest BCUT2D eigenvalue weighted by atomic mass is 10.1. The molecule has 198 valence electrons. The largest absolute Gasteiger partial charge is 0.491 e. The Morgan fingerprint density at radius 2 is 2.05 bits per heavy atom. The summed E-state index contributed by atoms with van der Waals surface area (Å²) in [5, 5.41) is 8.53. The van der Waals surface area contributed by atoms with Crippen LogP contribution in [0.5, 0.6) is 5.75 Å². The summed E-state index contributed by atoms with van der Waals surface area (Å²) in [6.07, 6.45) is -1.28. The van der Waals surface area contributed by atoms with E-state index in [4.69, 9.17) is 4.74 Å². The van der Waals surface area contributed by atoms with Gasteiger partial charge < -0.3 is 25.6 Å². The van der Waals surface area contributed by atoms with E-state index in [1.54, 1.807) is 30.3 Å². The Morgan fingerprint density at radius 3 is 2.82 bits per heavy atom. The van der Waals surface area contributed by atoms with Gasteiger partial charge in [0.2, 0.25) is 0 Å². The summed E-state index contributed by atoms with van der Waals surface area (Å²) in [4.78, 5) is 31.5. The fourth-order valence-electron chi connectivity index (χ4n) is 4.71. The Morgan fingerprint density at radius 1 is 1.21 bits per heavy atom. The van der Waals surface area contributed by atoms with Crippen molar-refractivity contribution in [3.63, 3.8) is 0 Å². The van der Waals surface area contributed by atoms with Crippen LogP contribution in [0, 0.1) is 0 Å². The number of benzene rings is 2. The highest BCUT2D eigenvalue weighted by molar-refractivity contribution is 6.08. The molecule has 3 N–H and O–H groups in total. The number of nitrogens with zero attached hydrogens (tertiary/aromatic N) is 2. The van der Waals surface area contributed by atoms with Gasteiger partial charge in [-0.3, -0.25) is 9.59 Å². The predicted molar refractivity (Wildman–Crippen MR) is 136 cm³/mol. The molecule has 0 unspecified atom stereocenters. The molecule has 2 aliphatic heterocycles. The van der Waals surface area contributed by atoms with Gasteiger partial charge in [0.1, 0.15) is 18.2 Å². The maximum atomic E-state index is 13.6. The number of ether oxygens (including phenoxy) is 1. The van der Waals surface area contributed by atoms with Crippen molar-refractivity contribution >= 4 is 29.0 Å². The van der Waals surface area contributed by atoms with Crippen molar-refractivity contribution in [3.8, 4) is 5.75 Å². The molecule has 0 bridgehead atoms. The third kappa shape index (κ3) is 5.28. The Hall–Kier alpha value is -4.12. The minimum absolute atomic E-state index is 0.0308. The zero-order chi connectivity index (χ0) is 26.9. The van der Waals surface area contributed by atoms with Gasteiger partial charge in [-0.15, -0.1) is 0 Å². The van der Waals surface area contributed by atoms with Crippen molar-refractivity contribution in [2.24, 2.45) is 0 Å². The molecule has 0 spiro atoms. The summed E-state index contributed by atoms with van der Waals surface area (Å²) in [5.74, 6) is -0.839. The van der Waals surface area contributed by atoms with Gasteiger partial charge >= 0.3 is 6.18 Å². The molecule has 3 heterocycles. The second-order valence-electron chi connectivity index (χ2n) is 9.29. The zero-order valence-electron chi connectivity index (χ0n) is 20.6. The highest BCUT2D eigenvalue weighted by Crippen LogP contribution is 2.38. The number of carbonyl (C=O) groups is 2. The first kappa shape index (κ1) is 25.5. The SMILES string of the molecule is CN1CCC[C@@H]1COc1cc(NC(=O)c2cccnc2Nc2cccc3c2CNC3=O)ccc1C(F)(F)F. The molecule has 8 nitrogen and oxygen atoms in total. The summed E-state index contributed by atoms with van der Waals surface area (Å²) >= 11 is 0. The first-order chi connectivity index (χ1) is 18.2. The Kier molecular flexibility index (Phi) is 6.94. The van der Waals surface area contributed by atoms with Crippen LogP contribution < -0.4 is 20.7 Å². The average Bonchev–Trinajstić information content (AvgIpc) is 3.48. The van der Waals surface area contributed by atoms with Crippen LogP contribution in [0.25, 0.3) is 0 Å². The Bertz CT molecular complexity index is 1380. The number of pyridine rings is 1. The van der Waals surface area contributed by atoms with E-state index in [0.717, 1.165) is 31.0 Å². The molecule has 1 aromatic heterocycles. The standard InChI is InChI=1S/C27H26F3N5O3/c1-35-12-4-5-17(35)15-38-23-13-16(9-10-21(23)27(28,29)30)33-26(37)19-7-3-11-31-24(19)34-22-8-2-6-18-20(22)14-32-25(18)36/h2-3,6-11,13,17H,4-5,12,14-15H2,1H3,(H,31,34)(H,32,36)(H,33,37)/t17-/m1/s1. The van der Waals surface area contributed by atoms with Crippen molar-refractivity contribution in [1.29, 1.82) is 0 Å². The molecular formula is C27H26F3N5O3. The number of amides is 2. The number of fused-ring (bicyclic) bond motifs is 1. The molecule has 2 aromatic carbocycles. The van der Waals surface area contributed by atoms with Gasteiger partial charge in [-0.25, -0.2) is 4.98 Å². The number of hydrogen-bond acceptors (Lipinski definition) is 6. The van der Waals surface area contributed by atoms with Crippen molar-refractivity contribution < 1.29 is 27.5 Å². The Balaban J connectivity index is 1.37. The molecule has 38 heavy (non-hydrogen) atoms. The van der Waals surface area contributed by atoms with Crippen molar-refractivity contribution in [2.45, 2.75) is 31.6 Å². The molecule has 0 aliphatic carbocycles. The fourth-order valence-corrected chi connectivity index (χ4v) is 4.71. The molecule has 5 rings (SSSR count). The number of likely N-dealkylation sites (tertiary alicyclic amines) is 1. The normalized spacial score (nSPS) is 17.2. The lowest BCUT2D eigenvalue weighted by molar-refractivity contribution is -0.139. The number of alkyl halides is 3. The van der Waals surface area contributed by atoms with E-state index >= 15 is 0 Å². The smallest absolute Gasteiger partial charge is 0.419 e. The molecule has 1 saturated heterocycles. The maximum absolute atomic E-state index is 13.6. The van der Waals surface area contributed by atoms with Gasteiger partial charge in [0, 0.05) is 47.4 Å². The van der Waals surface area contributed by atoms with E-state index in [1.165, 1.54) is 18.3 Å². The molecule has 11 heteroatoms. The van der Waals surface area contributed by atoms with Crippen molar-refractivity contribution in [1.82, 2.24) is 15.2 Å². The molecule has 2 amide bonds. The predicted octanol–water partition coefficient (Wildman–Crippen LogP) is 4.81. The van der Waals surface area contributed by atoms with E-state index in [-0.39, 0.29) is 41.4 Å².